The molecule has 0 radical (unpaired) electrons. The van der Waals surface area contributed by atoms with Gasteiger partial charge in [0, 0.05) is 31.2 Å². The molecule has 1 fully saturated rings. The normalized spacial score (nSPS) is 17.0. The molecule has 9 heteroatoms. The number of sulfonamides is 1. The van der Waals surface area contributed by atoms with E-state index in [1.807, 2.05) is 17.0 Å². The molecule has 1 aliphatic heterocycles. The fraction of sp³-hybridized carbons (Fsp3) is 0.409. The summed E-state index contributed by atoms with van der Waals surface area (Å²) in [5.74, 6) is 0.139. The maximum atomic E-state index is 13.0. The van der Waals surface area contributed by atoms with E-state index in [0.717, 1.165) is 5.56 Å². The fourth-order valence-corrected chi connectivity index (χ4v) is 5.38. The lowest BCUT2D eigenvalue weighted by Crippen LogP contribution is -2.53. The minimum absolute atomic E-state index is 0.204. The lowest BCUT2D eigenvalue weighted by atomic mass is 10.0. The molecule has 0 bridgehead atoms. The quantitative estimate of drug-likeness (QED) is 0.658. The van der Waals surface area contributed by atoms with Crippen LogP contribution in [0.4, 0.5) is 5.69 Å². The van der Waals surface area contributed by atoms with Crippen LogP contribution in [0.25, 0.3) is 0 Å². The van der Waals surface area contributed by atoms with Crippen molar-refractivity contribution in [1.29, 1.82) is 0 Å². The number of amides is 1. The Morgan fingerprint density at radius 1 is 0.968 bits per heavy atom. The van der Waals surface area contributed by atoms with Gasteiger partial charge in [-0.3, -0.25) is 9.69 Å². The molecule has 168 valence electrons. The average molecular weight is 484 g/mol. The number of benzene rings is 2. The van der Waals surface area contributed by atoms with Crippen LogP contribution in [0.3, 0.4) is 0 Å². The summed E-state index contributed by atoms with van der Waals surface area (Å²) in [4.78, 5) is 14.9. The number of hydrogen-bond donors (Lipinski definition) is 1. The maximum Gasteiger partial charge on any atom is 0.243 e. The molecule has 2 aromatic rings. The van der Waals surface area contributed by atoms with Crippen molar-refractivity contribution in [2.45, 2.75) is 37.6 Å². The molecule has 2 aromatic carbocycles. The number of anilines is 1. The van der Waals surface area contributed by atoms with Gasteiger partial charge in [0.1, 0.15) is 0 Å². The summed E-state index contributed by atoms with van der Waals surface area (Å²) in [5, 5.41) is 3.67. The molecular formula is C22H27Cl2N3O3S. The number of nitrogens with zero attached hydrogens (tertiary/aromatic N) is 2. The van der Waals surface area contributed by atoms with Crippen LogP contribution in [0.5, 0.6) is 0 Å². The van der Waals surface area contributed by atoms with Gasteiger partial charge in [-0.25, -0.2) is 8.42 Å². The second-order valence-corrected chi connectivity index (χ2v) is 10.7. The SMILES string of the molecule is CC(C)c1ccc(S(=O)(=O)N2CCN(C(C)C(=O)Nc3ccc(Cl)cc3Cl)CC2)cc1. The van der Waals surface area contributed by atoms with Crippen molar-refractivity contribution in [3.05, 3.63) is 58.1 Å². The summed E-state index contributed by atoms with van der Waals surface area (Å²) in [6.07, 6.45) is 0. The van der Waals surface area contributed by atoms with Crippen LogP contribution < -0.4 is 5.32 Å². The maximum absolute atomic E-state index is 13.0. The molecule has 3 rings (SSSR count). The van der Waals surface area contributed by atoms with Crippen molar-refractivity contribution in [2.24, 2.45) is 0 Å². The molecule has 1 amide bonds. The molecule has 1 aliphatic rings. The zero-order valence-corrected chi connectivity index (χ0v) is 20.1. The van der Waals surface area contributed by atoms with E-state index in [0.29, 0.717) is 52.7 Å². The van der Waals surface area contributed by atoms with Crippen molar-refractivity contribution < 1.29 is 13.2 Å². The van der Waals surface area contributed by atoms with Crippen molar-refractivity contribution in [2.75, 3.05) is 31.5 Å². The van der Waals surface area contributed by atoms with Crippen molar-refractivity contribution in [1.82, 2.24) is 9.21 Å². The second-order valence-electron chi connectivity index (χ2n) is 7.95. The van der Waals surface area contributed by atoms with Crippen LogP contribution in [-0.2, 0) is 14.8 Å². The third-order valence-electron chi connectivity index (χ3n) is 5.57. The summed E-state index contributed by atoms with van der Waals surface area (Å²) in [6.45, 7) is 7.52. The summed E-state index contributed by atoms with van der Waals surface area (Å²) in [7, 11) is -3.56. The van der Waals surface area contributed by atoms with E-state index in [1.54, 1.807) is 37.3 Å². The molecule has 0 aromatic heterocycles. The summed E-state index contributed by atoms with van der Waals surface area (Å²) < 4.78 is 27.5. The minimum Gasteiger partial charge on any atom is -0.323 e. The van der Waals surface area contributed by atoms with Gasteiger partial charge in [0.05, 0.1) is 21.6 Å². The van der Waals surface area contributed by atoms with E-state index in [2.05, 4.69) is 19.2 Å². The van der Waals surface area contributed by atoms with Gasteiger partial charge in [0.25, 0.3) is 0 Å². The lowest BCUT2D eigenvalue weighted by molar-refractivity contribution is -0.121. The Balaban J connectivity index is 1.60. The Morgan fingerprint density at radius 2 is 1.58 bits per heavy atom. The van der Waals surface area contributed by atoms with Crippen LogP contribution in [-0.4, -0.2) is 55.8 Å². The zero-order chi connectivity index (χ0) is 22.8. The van der Waals surface area contributed by atoms with E-state index in [4.69, 9.17) is 23.2 Å². The van der Waals surface area contributed by atoms with Gasteiger partial charge in [0.2, 0.25) is 15.9 Å². The highest BCUT2D eigenvalue weighted by Crippen LogP contribution is 2.26. The number of piperazine rings is 1. The van der Waals surface area contributed by atoms with Crippen LogP contribution in [0.15, 0.2) is 47.4 Å². The number of carbonyl (C=O) groups excluding carboxylic acids is 1. The third kappa shape index (κ3) is 5.59. The highest BCUT2D eigenvalue weighted by molar-refractivity contribution is 7.89. The van der Waals surface area contributed by atoms with Gasteiger partial charge in [-0.15, -0.1) is 0 Å². The first-order valence-corrected chi connectivity index (χ1v) is 12.4. The third-order valence-corrected chi connectivity index (χ3v) is 8.03. The van der Waals surface area contributed by atoms with Crippen LogP contribution in [0.1, 0.15) is 32.3 Å². The number of halogens is 2. The van der Waals surface area contributed by atoms with E-state index >= 15 is 0 Å². The van der Waals surface area contributed by atoms with Crippen LogP contribution in [0, 0.1) is 0 Å². The standard InChI is InChI=1S/C22H27Cl2N3O3S/c1-15(2)17-4-7-19(8-5-17)31(29,30)27-12-10-26(11-13-27)16(3)22(28)25-21-9-6-18(23)14-20(21)24/h4-9,14-16H,10-13H2,1-3H3,(H,25,28). The van der Waals surface area contributed by atoms with Crippen molar-refractivity contribution in [3.63, 3.8) is 0 Å². The first-order valence-electron chi connectivity index (χ1n) is 10.2. The monoisotopic (exact) mass is 483 g/mol. The van der Waals surface area contributed by atoms with Crippen LogP contribution >= 0.6 is 23.2 Å². The molecule has 1 N–H and O–H groups in total. The predicted molar refractivity (Wildman–Crippen MR) is 125 cm³/mol. The lowest BCUT2D eigenvalue weighted by Gasteiger charge is -2.36. The Kier molecular flexibility index (Phi) is 7.65. The topological polar surface area (TPSA) is 69.7 Å². The Hall–Kier alpha value is -1.64. The molecule has 1 unspecified atom stereocenters. The van der Waals surface area contributed by atoms with Gasteiger partial charge < -0.3 is 5.32 Å². The zero-order valence-electron chi connectivity index (χ0n) is 17.8. The molecule has 1 saturated heterocycles. The van der Waals surface area contributed by atoms with E-state index in [1.165, 1.54) is 4.31 Å². The molecule has 0 saturated carbocycles. The fourth-order valence-electron chi connectivity index (χ4n) is 3.50. The summed E-state index contributed by atoms with van der Waals surface area (Å²) >= 11 is 12.0. The van der Waals surface area contributed by atoms with Gasteiger partial charge in [0.15, 0.2) is 0 Å². The molecule has 1 atom stereocenters. The summed E-state index contributed by atoms with van der Waals surface area (Å²) in [6, 6.07) is 11.5. The highest BCUT2D eigenvalue weighted by Gasteiger charge is 2.32. The first kappa shape index (κ1) is 24.0. The Morgan fingerprint density at radius 3 is 2.13 bits per heavy atom. The van der Waals surface area contributed by atoms with Gasteiger partial charge in [-0.2, -0.15) is 4.31 Å². The number of nitrogens with one attached hydrogen (secondary N) is 1. The minimum atomic E-state index is -3.56. The second kappa shape index (κ2) is 9.88. The van der Waals surface area contributed by atoms with Crippen LogP contribution in [0.2, 0.25) is 10.0 Å². The number of rotatable bonds is 6. The number of carbonyl (C=O) groups is 1. The molecule has 0 aliphatic carbocycles. The average Bonchev–Trinajstić information content (AvgIpc) is 2.75. The number of hydrogen-bond acceptors (Lipinski definition) is 4. The molecular weight excluding hydrogens is 457 g/mol. The molecule has 1 heterocycles. The largest absolute Gasteiger partial charge is 0.323 e. The summed E-state index contributed by atoms with van der Waals surface area (Å²) in [5.41, 5.74) is 1.60. The van der Waals surface area contributed by atoms with Gasteiger partial charge >= 0.3 is 0 Å². The van der Waals surface area contributed by atoms with Gasteiger partial charge in [-0.05, 0) is 48.7 Å². The first-order chi connectivity index (χ1) is 14.6. The van der Waals surface area contributed by atoms with Crippen molar-refractivity contribution >= 4 is 44.8 Å². The van der Waals surface area contributed by atoms with Crippen molar-refractivity contribution in [3.8, 4) is 0 Å². The van der Waals surface area contributed by atoms with Gasteiger partial charge in [-0.1, -0.05) is 49.2 Å². The predicted octanol–water partition coefficient (Wildman–Crippen LogP) is 4.45. The smallest absolute Gasteiger partial charge is 0.243 e. The Labute approximate surface area is 194 Å². The molecule has 31 heavy (non-hydrogen) atoms. The molecule has 6 nitrogen and oxygen atoms in total. The van der Waals surface area contributed by atoms with E-state index in [-0.39, 0.29) is 5.91 Å². The molecule has 0 spiro atoms. The van der Waals surface area contributed by atoms with E-state index < -0.39 is 16.1 Å². The highest BCUT2D eigenvalue weighted by atomic mass is 35.5. The van der Waals surface area contributed by atoms with E-state index in [9.17, 15) is 13.2 Å². The Bertz CT molecular complexity index is 1030.